The van der Waals surface area contributed by atoms with E-state index in [0.29, 0.717) is 0 Å². The lowest BCUT2D eigenvalue weighted by Gasteiger charge is -2.23. The SMILES string of the molecule is C=C(C)C(=O)OCCNC(=O)C(C#N)=C1c2ccccc2S(=O)(=O)c2ccccc21. The van der Waals surface area contributed by atoms with Crippen LogP contribution in [0, 0.1) is 11.3 Å². The fourth-order valence-corrected chi connectivity index (χ4v) is 4.76. The molecule has 8 heteroatoms. The molecule has 1 aliphatic heterocycles. The van der Waals surface area contributed by atoms with Crippen molar-refractivity contribution in [3.8, 4) is 6.07 Å². The molecule has 0 aliphatic carbocycles. The van der Waals surface area contributed by atoms with Gasteiger partial charge in [0.2, 0.25) is 9.84 Å². The Kier molecular flexibility index (Phi) is 5.85. The van der Waals surface area contributed by atoms with Crippen molar-refractivity contribution in [3.63, 3.8) is 0 Å². The van der Waals surface area contributed by atoms with Crippen LogP contribution in [0.2, 0.25) is 0 Å². The fourth-order valence-electron chi connectivity index (χ4n) is 3.09. The standard InChI is InChI=1S/C22H18N2O5S/c1-14(2)22(26)29-12-11-24-21(25)17(13-23)20-15-7-3-5-9-18(15)30(27,28)19-10-6-4-8-16(19)20/h3-10H,1,11-12H2,2H3,(H,24,25). The first-order valence-electron chi connectivity index (χ1n) is 8.98. The number of ether oxygens (including phenoxy) is 1. The zero-order valence-electron chi connectivity index (χ0n) is 16.1. The summed E-state index contributed by atoms with van der Waals surface area (Å²) in [6.07, 6.45) is 0. The van der Waals surface area contributed by atoms with E-state index in [1.807, 2.05) is 6.07 Å². The van der Waals surface area contributed by atoms with E-state index in [0.717, 1.165) is 0 Å². The van der Waals surface area contributed by atoms with Gasteiger partial charge in [-0.3, -0.25) is 4.79 Å². The number of amides is 1. The van der Waals surface area contributed by atoms with Crippen LogP contribution in [0.3, 0.4) is 0 Å². The van der Waals surface area contributed by atoms with Crippen molar-refractivity contribution < 1.29 is 22.7 Å². The zero-order valence-corrected chi connectivity index (χ0v) is 17.0. The van der Waals surface area contributed by atoms with Gasteiger partial charge in [0.25, 0.3) is 5.91 Å². The van der Waals surface area contributed by atoms with Crippen LogP contribution in [0.4, 0.5) is 0 Å². The van der Waals surface area contributed by atoms with Crippen molar-refractivity contribution >= 4 is 27.3 Å². The zero-order chi connectivity index (χ0) is 21.9. The molecule has 0 aromatic heterocycles. The van der Waals surface area contributed by atoms with E-state index in [2.05, 4.69) is 11.9 Å². The number of nitrogens with zero attached hydrogens (tertiary/aromatic N) is 1. The Morgan fingerprint density at radius 2 is 1.60 bits per heavy atom. The second-order valence-corrected chi connectivity index (χ2v) is 8.42. The van der Waals surface area contributed by atoms with Crippen LogP contribution >= 0.6 is 0 Å². The summed E-state index contributed by atoms with van der Waals surface area (Å²) in [4.78, 5) is 24.2. The van der Waals surface area contributed by atoms with Crippen molar-refractivity contribution in [1.82, 2.24) is 5.32 Å². The van der Waals surface area contributed by atoms with Crippen molar-refractivity contribution in [2.24, 2.45) is 0 Å². The van der Waals surface area contributed by atoms with Gasteiger partial charge < -0.3 is 10.1 Å². The van der Waals surface area contributed by atoms with Crippen LogP contribution < -0.4 is 5.32 Å². The lowest BCUT2D eigenvalue weighted by molar-refractivity contribution is -0.139. The molecule has 0 fully saturated rings. The average molecular weight is 422 g/mol. The molecule has 2 aromatic rings. The summed E-state index contributed by atoms with van der Waals surface area (Å²) < 4.78 is 30.9. The number of nitrogens with one attached hydrogen (secondary N) is 1. The van der Waals surface area contributed by atoms with Crippen LogP contribution in [-0.2, 0) is 24.2 Å². The molecule has 0 saturated heterocycles. The summed E-state index contributed by atoms with van der Waals surface area (Å²) in [5.41, 5.74) is 0.831. The molecule has 0 spiro atoms. The molecule has 1 N–H and O–H groups in total. The predicted octanol–water partition coefficient (Wildman–Crippen LogP) is 2.39. The smallest absolute Gasteiger partial charge is 0.333 e. The first-order valence-corrected chi connectivity index (χ1v) is 10.5. The lowest BCUT2D eigenvalue weighted by Crippen LogP contribution is -2.30. The third-order valence-corrected chi connectivity index (χ3v) is 6.32. The van der Waals surface area contributed by atoms with Crippen LogP contribution in [0.15, 0.2) is 76.0 Å². The van der Waals surface area contributed by atoms with Gasteiger partial charge in [-0.2, -0.15) is 5.26 Å². The van der Waals surface area contributed by atoms with Gasteiger partial charge in [0.05, 0.1) is 16.3 Å². The molecule has 0 saturated carbocycles. The minimum absolute atomic E-state index is 0.0160. The van der Waals surface area contributed by atoms with Crippen LogP contribution in [0.25, 0.3) is 5.57 Å². The van der Waals surface area contributed by atoms with Crippen molar-refractivity contribution in [2.75, 3.05) is 13.2 Å². The fraction of sp³-hybridized carbons (Fsp3) is 0.136. The number of hydrogen-bond acceptors (Lipinski definition) is 6. The molecule has 30 heavy (non-hydrogen) atoms. The number of fused-ring (bicyclic) bond motifs is 2. The number of benzene rings is 2. The van der Waals surface area contributed by atoms with Crippen LogP contribution in [-0.4, -0.2) is 33.4 Å². The Morgan fingerprint density at radius 1 is 1.07 bits per heavy atom. The molecule has 1 aliphatic rings. The highest BCUT2D eigenvalue weighted by Crippen LogP contribution is 2.42. The third-order valence-electron chi connectivity index (χ3n) is 4.45. The summed E-state index contributed by atoms with van der Waals surface area (Å²) in [5.74, 6) is -1.27. The minimum atomic E-state index is -3.78. The highest BCUT2D eigenvalue weighted by molar-refractivity contribution is 7.91. The maximum atomic E-state index is 13.0. The number of carbonyl (C=O) groups is 2. The summed E-state index contributed by atoms with van der Waals surface area (Å²) in [5, 5.41) is 12.3. The molecule has 0 atom stereocenters. The Morgan fingerprint density at radius 3 is 2.10 bits per heavy atom. The molecule has 152 valence electrons. The van der Waals surface area contributed by atoms with Gasteiger partial charge >= 0.3 is 5.97 Å². The van der Waals surface area contributed by atoms with Crippen LogP contribution in [0.5, 0.6) is 0 Å². The van der Waals surface area contributed by atoms with E-state index >= 15 is 0 Å². The van der Waals surface area contributed by atoms with E-state index in [9.17, 15) is 23.3 Å². The van der Waals surface area contributed by atoms with E-state index < -0.39 is 21.7 Å². The molecular formula is C22H18N2O5S. The van der Waals surface area contributed by atoms with E-state index in [1.54, 1.807) is 36.4 Å². The van der Waals surface area contributed by atoms with Gasteiger partial charge in [-0.15, -0.1) is 0 Å². The highest BCUT2D eigenvalue weighted by Gasteiger charge is 2.34. The summed E-state index contributed by atoms with van der Waals surface area (Å²) >= 11 is 0. The quantitative estimate of drug-likeness (QED) is 0.292. The number of carbonyl (C=O) groups excluding carboxylic acids is 2. The summed E-state index contributed by atoms with van der Waals surface area (Å²) in [7, 11) is -3.78. The van der Waals surface area contributed by atoms with Gasteiger partial charge in [-0.1, -0.05) is 43.0 Å². The molecule has 1 heterocycles. The lowest BCUT2D eigenvalue weighted by atomic mass is 9.92. The first kappa shape index (κ1) is 21.0. The van der Waals surface area contributed by atoms with Gasteiger partial charge in [0.15, 0.2) is 0 Å². The van der Waals surface area contributed by atoms with Gasteiger partial charge in [-0.25, -0.2) is 13.2 Å². The molecule has 3 rings (SSSR count). The maximum Gasteiger partial charge on any atom is 0.333 e. The average Bonchev–Trinajstić information content (AvgIpc) is 2.74. The van der Waals surface area contributed by atoms with Crippen molar-refractivity contribution in [3.05, 3.63) is 77.4 Å². The van der Waals surface area contributed by atoms with Crippen molar-refractivity contribution in [1.29, 1.82) is 5.26 Å². The Labute approximate surface area is 174 Å². The second kappa shape index (κ2) is 8.35. The van der Waals surface area contributed by atoms with E-state index in [-0.39, 0.29) is 50.8 Å². The number of esters is 1. The van der Waals surface area contributed by atoms with Crippen molar-refractivity contribution in [2.45, 2.75) is 16.7 Å². The number of hydrogen-bond donors (Lipinski definition) is 1. The Hall–Kier alpha value is -3.70. The maximum absolute atomic E-state index is 13.0. The molecule has 1 amide bonds. The third kappa shape index (κ3) is 3.75. The Balaban J connectivity index is 2.02. The summed E-state index contributed by atoms with van der Waals surface area (Å²) in [6.45, 7) is 4.86. The number of sulfone groups is 1. The van der Waals surface area contributed by atoms with E-state index in [4.69, 9.17) is 4.74 Å². The van der Waals surface area contributed by atoms with E-state index in [1.165, 1.54) is 19.1 Å². The largest absolute Gasteiger partial charge is 0.460 e. The van der Waals surface area contributed by atoms with Gasteiger partial charge in [-0.05, 0) is 19.1 Å². The molecule has 0 radical (unpaired) electrons. The number of rotatable bonds is 5. The monoisotopic (exact) mass is 422 g/mol. The van der Waals surface area contributed by atoms with Crippen LogP contribution in [0.1, 0.15) is 18.1 Å². The van der Waals surface area contributed by atoms with Gasteiger partial charge in [0.1, 0.15) is 18.2 Å². The highest BCUT2D eigenvalue weighted by atomic mass is 32.2. The second-order valence-electron chi connectivity index (χ2n) is 6.53. The minimum Gasteiger partial charge on any atom is -0.460 e. The predicted molar refractivity (Wildman–Crippen MR) is 109 cm³/mol. The number of nitriles is 1. The molecular weight excluding hydrogens is 404 g/mol. The van der Waals surface area contributed by atoms with Gasteiger partial charge in [0, 0.05) is 22.3 Å². The topological polar surface area (TPSA) is 113 Å². The Bertz CT molecular complexity index is 1180. The summed E-state index contributed by atoms with van der Waals surface area (Å²) in [6, 6.07) is 14.4. The molecule has 0 bridgehead atoms. The molecule has 0 unspecified atom stereocenters. The molecule has 2 aromatic carbocycles. The first-order chi connectivity index (χ1) is 14.3. The molecule has 7 nitrogen and oxygen atoms in total. The normalized spacial score (nSPS) is 13.3.